The molecule has 1 atom stereocenters. The van der Waals surface area contributed by atoms with Crippen LogP contribution in [0.2, 0.25) is 0 Å². The van der Waals surface area contributed by atoms with Gasteiger partial charge in [-0.05, 0) is 23.5 Å². The maximum absolute atomic E-state index is 12.5. The summed E-state index contributed by atoms with van der Waals surface area (Å²) in [6.07, 6.45) is 1.51. The van der Waals surface area contributed by atoms with Gasteiger partial charge in [-0.3, -0.25) is 9.59 Å². The molecule has 2 aliphatic rings. The molecular weight excluding hydrogens is 352 g/mol. The third kappa shape index (κ3) is 4.60. The maximum atomic E-state index is 12.5. The summed E-state index contributed by atoms with van der Waals surface area (Å²) in [4.78, 5) is 28.3. The van der Waals surface area contributed by atoms with Gasteiger partial charge in [0.05, 0.1) is 19.3 Å². The van der Waals surface area contributed by atoms with E-state index >= 15 is 0 Å². The van der Waals surface area contributed by atoms with Crippen LogP contribution in [0.25, 0.3) is 0 Å². The van der Waals surface area contributed by atoms with Crippen molar-refractivity contribution >= 4 is 11.8 Å². The molecule has 2 heterocycles. The summed E-state index contributed by atoms with van der Waals surface area (Å²) in [5.74, 6) is 0.404. The fraction of sp³-hybridized carbons (Fsp3) is 0.391. The third-order valence-corrected chi connectivity index (χ3v) is 5.52. The van der Waals surface area contributed by atoms with E-state index < -0.39 is 0 Å². The first kappa shape index (κ1) is 18.7. The zero-order chi connectivity index (χ0) is 19.3. The molecule has 0 spiro atoms. The Hall–Kier alpha value is -2.66. The number of amides is 2. The highest BCUT2D eigenvalue weighted by atomic mass is 16.5. The minimum Gasteiger partial charge on any atom is -0.370 e. The standard InChI is InChI=1S/C23H26N2O3/c26-22-12-20(11-18-7-3-1-4-8-18)13-24(22)16-23(27)25-14-21(15-25)28-17-19-9-5-2-6-10-19/h1-10,20-21H,11-17H2. The van der Waals surface area contributed by atoms with Gasteiger partial charge in [0.2, 0.25) is 11.8 Å². The van der Waals surface area contributed by atoms with Gasteiger partial charge in [-0.15, -0.1) is 0 Å². The van der Waals surface area contributed by atoms with Crippen molar-refractivity contribution < 1.29 is 14.3 Å². The molecule has 0 N–H and O–H groups in total. The van der Waals surface area contributed by atoms with Crippen LogP contribution in [0.5, 0.6) is 0 Å². The van der Waals surface area contributed by atoms with Crippen LogP contribution in [0.3, 0.4) is 0 Å². The van der Waals surface area contributed by atoms with Gasteiger partial charge in [-0.1, -0.05) is 60.7 Å². The lowest BCUT2D eigenvalue weighted by molar-refractivity contribution is -0.149. The van der Waals surface area contributed by atoms with E-state index in [0.717, 1.165) is 12.0 Å². The normalized spacial score (nSPS) is 19.7. The van der Waals surface area contributed by atoms with Crippen LogP contribution < -0.4 is 0 Å². The van der Waals surface area contributed by atoms with E-state index in [2.05, 4.69) is 12.1 Å². The first-order valence-electron chi connectivity index (χ1n) is 9.92. The SMILES string of the molecule is O=C1CC(Cc2ccccc2)CN1CC(=O)N1CC(OCc2ccccc2)C1. The van der Waals surface area contributed by atoms with Crippen molar-refractivity contribution in [2.75, 3.05) is 26.2 Å². The molecule has 5 heteroatoms. The fourth-order valence-electron chi connectivity index (χ4n) is 3.89. The maximum Gasteiger partial charge on any atom is 0.242 e. The lowest BCUT2D eigenvalue weighted by Gasteiger charge is -2.39. The molecule has 4 rings (SSSR count). The van der Waals surface area contributed by atoms with Gasteiger partial charge in [0, 0.05) is 26.1 Å². The van der Waals surface area contributed by atoms with Crippen LogP contribution in [0.4, 0.5) is 0 Å². The fourth-order valence-corrected chi connectivity index (χ4v) is 3.89. The van der Waals surface area contributed by atoms with Crippen LogP contribution in [0.1, 0.15) is 17.5 Å². The molecule has 2 aliphatic heterocycles. The smallest absolute Gasteiger partial charge is 0.242 e. The molecule has 146 valence electrons. The molecule has 0 aromatic heterocycles. The number of carbonyl (C=O) groups excluding carboxylic acids is 2. The zero-order valence-electron chi connectivity index (χ0n) is 16.0. The molecule has 2 aromatic rings. The van der Waals surface area contributed by atoms with Gasteiger partial charge >= 0.3 is 0 Å². The molecular formula is C23H26N2O3. The Bertz CT molecular complexity index is 803. The van der Waals surface area contributed by atoms with Gasteiger partial charge in [0.15, 0.2) is 0 Å². The van der Waals surface area contributed by atoms with Crippen molar-refractivity contribution in [1.82, 2.24) is 9.80 Å². The molecule has 2 saturated heterocycles. The van der Waals surface area contributed by atoms with E-state index in [1.807, 2.05) is 48.5 Å². The summed E-state index contributed by atoms with van der Waals surface area (Å²) in [5.41, 5.74) is 2.38. The number of nitrogens with zero attached hydrogens (tertiary/aromatic N) is 2. The zero-order valence-corrected chi connectivity index (χ0v) is 16.0. The number of likely N-dealkylation sites (tertiary alicyclic amines) is 2. The van der Waals surface area contributed by atoms with Gasteiger partial charge in [0.1, 0.15) is 0 Å². The van der Waals surface area contributed by atoms with E-state index in [4.69, 9.17) is 4.74 Å². The molecule has 0 radical (unpaired) electrons. The molecule has 28 heavy (non-hydrogen) atoms. The Balaban J connectivity index is 1.19. The summed E-state index contributed by atoms with van der Waals surface area (Å²) in [5, 5.41) is 0. The molecule has 2 amide bonds. The number of hydrogen-bond donors (Lipinski definition) is 0. The van der Waals surface area contributed by atoms with Crippen LogP contribution in [0.15, 0.2) is 60.7 Å². The largest absolute Gasteiger partial charge is 0.370 e. The minimum atomic E-state index is 0.0215. The van der Waals surface area contributed by atoms with Gasteiger partial charge in [0.25, 0.3) is 0 Å². The average molecular weight is 378 g/mol. The van der Waals surface area contributed by atoms with E-state index in [0.29, 0.717) is 38.6 Å². The summed E-state index contributed by atoms with van der Waals surface area (Å²) < 4.78 is 5.84. The van der Waals surface area contributed by atoms with Crippen LogP contribution in [0, 0.1) is 5.92 Å². The van der Waals surface area contributed by atoms with Crippen molar-refractivity contribution in [1.29, 1.82) is 0 Å². The highest BCUT2D eigenvalue weighted by Crippen LogP contribution is 2.23. The lowest BCUT2D eigenvalue weighted by atomic mass is 9.99. The predicted molar refractivity (Wildman–Crippen MR) is 106 cm³/mol. The van der Waals surface area contributed by atoms with Crippen molar-refractivity contribution in [3.05, 3.63) is 71.8 Å². The Morgan fingerprint density at radius 3 is 2.25 bits per heavy atom. The molecule has 0 aliphatic carbocycles. The summed E-state index contributed by atoms with van der Waals surface area (Å²) in [6.45, 7) is 2.65. The van der Waals surface area contributed by atoms with Crippen LogP contribution in [-0.2, 0) is 27.4 Å². The van der Waals surface area contributed by atoms with Crippen molar-refractivity contribution in [2.45, 2.75) is 25.6 Å². The summed E-state index contributed by atoms with van der Waals surface area (Å²) >= 11 is 0. The second-order valence-electron chi connectivity index (χ2n) is 7.75. The molecule has 0 saturated carbocycles. The quantitative estimate of drug-likeness (QED) is 0.744. The predicted octanol–water partition coefficient (Wildman–Crippen LogP) is 2.51. The van der Waals surface area contributed by atoms with Gasteiger partial charge in [-0.25, -0.2) is 0 Å². The monoisotopic (exact) mass is 378 g/mol. The Labute approximate surface area is 165 Å². The first-order chi connectivity index (χ1) is 13.7. The molecule has 5 nitrogen and oxygen atoms in total. The van der Waals surface area contributed by atoms with Crippen LogP contribution >= 0.6 is 0 Å². The number of benzene rings is 2. The number of hydrogen-bond acceptors (Lipinski definition) is 3. The minimum absolute atomic E-state index is 0.0215. The van der Waals surface area contributed by atoms with Gasteiger partial charge in [-0.2, -0.15) is 0 Å². The highest BCUT2D eigenvalue weighted by Gasteiger charge is 2.35. The average Bonchev–Trinajstić information content (AvgIpc) is 3.01. The molecule has 1 unspecified atom stereocenters. The number of carbonyl (C=O) groups is 2. The van der Waals surface area contributed by atoms with E-state index in [-0.39, 0.29) is 24.5 Å². The first-order valence-corrected chi connectivity index (χ1v) is 9.92. The Kier molecular flexibility index (Phi) is 5.72. The second-order valence-corrected chi connectivity index (χ2v) is 7.75. The number of ether oxygens (including phenoxy) is 1. The van der Waals surface area contributed by atoms with Crippen molar-refractivity contribution in [2.24, 2.45) is 5.92 Å². The van der Waals surface area contributed by atoms with Crippen molar-refractivity contribution in [3.63, 3.8) is 0 Å². The van der Waals surface area contributed by atoms with E-state index in [1.165, 1.54) is 5.56 Å². The van der Waals surface area contributed by atoms with E-state index in [9.17, 15) is 9.59 Å². The lowest BCUT2D eigenvalue weighted by Crippen LogP contribution is -2.57. The van der Waals surface area contributed by atoms with Crippen LogP contribution in [-0.4, -0.2) is 53.9 Å². The Morgan fingerprint density at radius 2 is 1.57 bits per heavy atom. The second kappa shape index (κ2) is 8.57. The highest BCUT2D eigenvalue weighted by molar-refractivity contribution is 5.86. The summed E-state index contributed by atoms with van der Waals surface area (Å²) in [6, 6.07) is 20.3. The van der Waals surface area contributed by atoms with Gasteiger partial charge < -0.3 is 14.5 Å². The third-order valence-electron chi connectivity index (χ3n) is 5.52. The Morgan fingerprint density at radius 1 is 0.929 bits per heavy atom. The van der Waals surface area contributed by atoms with E-state index in [1.54, 1.807) is 9.80 Å². The molecule has 2 aromatic carbocycles. The topological polar surface area (TPSA) is 49.9 Å². The summed E-state index contributed by atoms with van der Waals surface area (Å²) in [7, 11) is 0. The van der Waals surface area contributed by atoms with Crippen molar-refractivity contribution in [3.8, 4) is 0 Å². The molecule has 0 bridgehead atoms. The number of rotatable bonds is 7. The molecule has 2 fully saturated rings.